The normalized spacial score (nSPS) is 10.5. The lowest BCUT2D eigenvalue weighted by Crippen LogP contribution is -2.35. The zero-order valence-electron chi connectivity index (χ0n) is 19.1. The maximum Gasteiger partial charge on any atom is 0.330 e. The largest absolute Gasteiger partial charge is 0.478 e. The van der Waals surface area contributed by atoms with Crippen molar-refractivity contribution >= 4 is 5.97 Å². The lowest BCUT2D eigenvalue weighted by molar-refractivity contribution is -0.214. The molecule has 0 aromatic heterocycles. The molecule has 4 rings (SSSR count). The molecule has 0 amide bonds. The van der Waals surface area contributed by atoms with Crippen molar-refractivity contribution in [2.45, 2.75) is 12.3 Å². The topological polar surface area (TPSA) is 55.8 Å². The standard InChI is InChI=1S/C26H22O2.C4H6O2/c1-5-13-22(14-6-1)26(23-15-7-2-8-16-23,24-17-9-3-10-18-24)21-27-28-25-19-11-4-12-20-25;1-3(2)4(5)6/h1-20H,21H2;1H2,2H3,(H,5,6). The fourth-order valence-electron chi connectivity index (χ4n) is 3.58. The van der Waals surface area contributed by atoms with E-state index in [2.05, 4.69) is 79.4 Å². The summed E-state index contributed by atoms with van der Waals surface area (Å²) < 4.78 is 0. The number of benzene rings is 4. The van der Waals surface area contributed by atoms with Crippen LogP contribution in [0.5, 0.6) is 5.75 Å². The van der Waals surface area contributed by atoms with Crippen LogP contribution < -0.4 is 4.89 Å². The summed E-state index contributed by atoms with van der Waals surface area (Å²) in [6, 6.07) is 40.9. The maximum atomic E-state index is 9.60. The summed E-state index contributed by atoms with van der Waals surface area (Å²) in [4.78, 5) is 21.1. The second kappa shape index (κ2) is 12.2. The van der Waals surface area contributed by atoms with Crippen molar-refractivity contribution in [2.24, 2.45) is 0 Å². The van der Waals surface area contributed by atoms with Gasteiger partial charge in [0.1, 0.15) is 6.61 Å². The van der Waals surface area contributed by atoms with Crippen molar-refractivity contribution in [1.29, 1.82) is 0 Å². The van der Waals surface area contributed by atoms with Gasteiger partial charge in [0.25, 0.3) is 0 Å². The zero-order valence-corrected chi connectivity index (χ0v) is 19.1. The molecular weight excluding hydrogens is 424 g/mol. The van der Waals surface area contributed by atoms with Crippen molar-refractivity contribution in [3.8, 4) is 5.75 Å². The number of hydrogen-bond donors (Lipinski definition) is 1. The third-order valence-corrected chi connectivity index (χ3v) is 5.34. The summed E-state index contributed by atoms with van der Waals surface area (Å²) in [6.45, 7) is 4.95. The molecule has 0 atom stereocenters. The van der Waals surface area contributed by atoms with E-state index in [1.165, 1.54) is 6.92 Å². The number of para-hydroxylation sites is 1. The Labute approximate surface area is 200 Å². The van der Waals surface area contributed by atoms with Gasteiger partial charge in [0.15, 0.2) is 5.75 Å². The van der Waals surface area contributed by atoms with E-state index in [4.69, 9.17) is 14.9 Å². The van der Waals surface area contributed by atoms with Crippen LogP contribution in [0.4, 0.5) is 0 Å². The molecule has 0 saturated carbocycles. The van der Waals surface area contributed by atoms with E-state index in [0.717, 1.165) is 16.7 Å². The Kier molecular flexibility index (Phi) is 8.78. The second-order valence-electron chi connectivity index (χ2n) is 7.75. The highest BCUT2D eigenvalue weighted by molar-refractivity contribution is 5.84. The minimum absolute atomic E-state index is 0.176. The molecule has 0 heterocycles. The lowest BCUT2D eigenvalue weighted by atomic mass is 9.70. The van der Waals surface area contributed by atoms with E-state index in [1.807, 2.05) is 48.5 Å². The van der Waals surface area contributed by atoms with E-state index in [0.29, 0.717) is 12.4 Å². The number of rotatable bonds is 8. The summed E-state index contributed by atoms with van der Waals surface area (Å²) in [6.07, 6.45) is 0. The number of carboxylic acids is 1. The summed E-state index contributed by atoms with van der Waals surface area (Å²) in [5, 5.41) is 7.89. The van der Waals surface area contributed by atoms with Gasteiger partial charge in [-0.1, -0.05) is 116 Å². The molecule has 4 aromatic rings. The van der Waals surface area contributed by atoms with Gasteiger partial charge in [-0.25, -0.2) is 4.79 Å². The molecule has 0 aliphatic rings. The van der Waals surface area contributed by atoms with E-state index >= 15 is 0 Å². The van der Waals surface area contributed by atoms with Gasteiger partial charge in [-0.2, -0.15) is 4.89 Å². The van der Waals surface area contributed by atoms with Crippen LogP contribution >= 0.6 is 0 Å². The Morgan fingerprint density at radius 3 is 1.35 bits per heavy atom. The van der Waals surface area contributed by atoms with E-state index in [-0.39, 0.29) is 5.57 Å². The smallest absolute Gasteiger partial charge is 0.330 e. The molecule has 0 bridgehead atoms. The van der Waals surface area contributed by atoms with Crippen molar-refractivity contribution in [1.82, 2.24) is 0 Å². The molecule has 172 valence electrons. The molecule has 34 heavy (non-hydrogen) atoms. The van der Waals surface area contributed by atoms with Gasteiger partial charge < -0.3 is 9.99 Å². The van der Waals surface area contributed by atoms with Crippen LogP contribution in [0.1, 0.15) is 23.6 Å². The second-order valence-corrected chi connectivity index (χ2v) is 7.75. The molecule has 0 radical (unpaired) electrons. The van der Waals surface area contributed by atoms with Crippen LogP contribution in [0.25, 0.3) is 0 Å². The number of hydrogen-bond acceptors (Lipinski definition) is 3. The van der Waals surface area contributed by atoms with Crippen LogP contribution in [0, 0.1) is 0 Å². The predicted octanol–water partition coefficient (Wildman–Crippen LogP) is 6.68. The number of aliphatic carboxylic acids is 1. The summed E-state index contributed by atoms with van der Waals surface area (Å²) >= 11 is 0. The fourth-order valence-corrected chi connectivity index (χ4v) is 3.58. The Morgan fingerprint density at radius 1 is 0.706 bits per heavy atom. The van der Waals surface area contributed by atoms with E-state index in [9.17, 15) is 4.79 Å². The van der Waals surface area contributed by atoms with Crippen LogP contribution in [0.15, 0.2) is 133 Å². The Hall–Kier alpha value is -4.15. The zero-order chi connectivity index (χ0) is 24.2. The molecule has 4 nitrogen and oxygen atoms in total. The van der Waals surface area contributed by atoms with Crippen molar-refractivity contribution in [2.75, 3.05) is 6.61 Å². The van der Waals surface area contributed by atoms with Gasteiger partial charge in [-0.15, -0.1) is 0 Å². The first-order chi connectivity index (χ1) is 16.5. The highest BCUT2D eigenvalue weighted by atomic mass is 17.2. The van der Waals surface area contributed by atoms with Gasteiger partial charge in [0.2, 0.25) is 0 Å². The number of carbonyl (C=O) groups is 1. The van der Waals surface area contributed by atoms with Gasteiger partial charge in [0.05, 0.1) is 5.41 Å². The van der Waals surface area contributed by atoms with Crippen molar-refractivity contribution in [3.05, 3.63) is 150 Å². The first-order valence-electron chi connectivity index (χ1n) is 10.9. The average molecular weight is 453 g/mol. The third kappa shape index (κ3) is 6.21. The van der Waals surface area contributed by atoms with E-state index in [1.54, 1.807) is 0 Å². The maximum absolute atomic E-state index is 9.60. The first-order valence-corrected chi connectivity index (χ1v) is 10.9. The van der Waals surface area contributed by atoms with E-state index < -0.39 is 11.4 Å². The van der Waals surface area contributed by atoms with Gasteiger partial charge in [0, 0.05) is 5.57 Å². The van der Waals surface area contributed by atoms with Crippen LogP contribution in [-0.4, -0.2) is 17.7 Å². The lowest BCUT2D eigenvalue weighted by Gasteiger charge is -2.35. The molecule has 4 heteroatoms. The fraction of sp³-hybridized carbons (Fsp3) is 0.100. The Bertz CT molecular complexity index is 1050. The van der Waals surface area contributed by atoms with Gasteiger partial charge in [-0.3, -0.25) is 0 Å². The average Bonchev–Trinajstić information content (AvgIpc) is 2.89. The summed E-state index contributed by atoms with van der Waals surface area (Å²) in [7, 11) is 0. The van der Waals surface area contributed by atoms with Crippen molar-refractivity contribution in [3.63, 3.8) is 0 Å². The molecule has 0 aliphatic heterocycles. The molecule has 0 spiro atoms. The summed E-state index contributed by atoms with van der Waals surface area (Å²) in [5.74, 6) is -0.249. The Balaban J connectivity index is 0.000000481. The highest BCUT2D eigenvalue weighted by Crippen LogP contribution is 2.39. The molecule has 0 saturated heterocycles. The minimum atomic E-state index is -0.935. The minimum Gasteiger partial charge on any atom is -0.478 e. The Morgan fingerprint density at radius 2 is 1.03 bits per heavy atom. The molecule has 0 unspecified atom stereocenters. The predicted molar refractivity (Wildman–Crippen MR) is 135 cm³/mol. The van der Waals surface area contributed by atoms with Crippen molar-refractivity contribution < 1.29 is 19.7 Å². The monoisotopic (exact) mass is 452 g/mol. The van der Waals surface area contributed by atoms with Gasteiger partial charge in [-0.05, 0) is 35.7 Å². The molecule has 4 aromatic carbocycles. The SMILES string of the molecule is C=C(C)C(=O)O.c1ccc(OOCC(c2ccccc2)(c2ccccc2)c2ccccc2)cc1. The van der Waals surface area contributed by atoms with Crippen LogP contribution in [0.3, 0.4) is 0 Å². The van der Waals surface area contributed by atoms with Gasteiger partial charge >= 0.3 is 5.97 Å². The highest BCUT2D eigenvalue weighted by Gasteiger charge is 2.37. The molecule has 1 N–H and O–H groups in total. The quantitative estimate of drug-likeness (QED) is 0.140. The molecule has 0 aliphatic carbocycles. The van der Waals surface area contributed by atoms with Crippen LogP contribution in [0.2, 0.25) is 0 Å². The summed E-state index contributed by atoms with van der Waals surface area (Å²) in [5.41, 5.74) is 3.16. The molecular formula is C30H28O4. The molecule has 0 fully saturated rings. The third-order valence-electron chi connectivity index (χ3n) is 5.34. The number of carboxylic acid groups (broad SMARTS) is 1. The first kappa shape index (κ1) is 24.5. The van der Waals surface area contributed by atoms with Crippen LogP contribution in [-0.2, 0) is 15.1 Å².